The zero-order valence-electron chi connectivity index (χ0n) is 19.8. The lowest BCUT2D eigenvalue weighted by Gasteiger charge is -2.19. The van der Waals surface area contributed by atoms with Gasteiger partial charge < -0.3 is 9.47 Å². The van der Waals surface area contributed by atoms with E-state index in [1.165, 1.54) is 6.21 Å². The van der Waals surface area contributed by atoms with Crippen LogP contribution in [0.4, 0.5) is 0 Å². The van der Waals surface area contributed by atoms with Crippen molar-refractivity contribution in [3.05, 3.63) is 94.5 Å². The Balaban J connectivity index is 1.43. The number of hydrogen-bond acceptors (Lipinski definition) is 6. The summed E-state index contributed by atoms with van der Waals surface area (Å²) in [5.41, 5.74) is 4.38. The number of halogens is 1. The number of nitrogens with zero attached hydrogens (tertiary/aromatic N) is 1. The predicted molar refractivity (Wildman–Crippen MR) is 140 cm³/mol. The maximum absolute atomic E-state index is 12.4. The maximum Gasteiger partial charge on any atom is 0.344 e. The molecule has 0 unspecified atom stereocenters. The van der Waals surface area contributed by atoms with Gasteiger partial charge in [-0.05, 0) is 92.6 Å². The van der Waals surface area contributed by atoms with E-state index in [0.29, 0.717) is 16.3 Å². The van der Waals surface area contributed by atoms with Crippen LogP contribution in [0.1, 0.15) is 42.3 Å². The first-order chi connectivity index (χ1) is 16.7. The van der Waals surface area contributed by atoms with E-state index in [9.17, 15) is 9.59 Å². The Kier molecular flexibility index (Phi) is 9.34. The fraction of sp³-hybridized carbons (Fsp3) is 0.222. The first-order valence-electron chi connectivity index (χ1n) is 10.9. The predicted octanol–water partition coefficient (Wildman–Crippen LogP) is 6.12. The van der Waals surface area contributed by atoms with Gasteiger partial charge in [0.05, 0.1) is 6.21 Å². The molecule has 35 heavy (non-hydrogen) atoms. The van der Waals surface area contributed by atoms with Crippen LogP contribution in [0.25, 0.3) is 0 Å². The standard InChI is InChI=1S/C27H27ClN2O4S/c1-27(2,3)34-25(31)17-33-23-12-6-19(7-13-23)16-29-30-26(32)21-8-4-20(5-9-21)18-35-24-14-10-22(28)11-15-24/h4-16H,17-18H2,1-3H3,(H,30,32)/b29-16-. The number of carbonyl (C=O) groups is 2. The zero-order chi connectivity index (χ0) is 25.3. The Morgan fingerprint density at radius 2 is 1.63 bits per heavy atom. The highest BCUT2D eigenvalue weighted by atomic mass is 35.5. The van der Waals surface area contributed by atoms with Gasteiger partial charge >= 0.3 is 5.97 Å². The SMILES string of the molecule is CC(C)(C)OC(=O)COc1ccc(/C=N\NC(=O)c2ccc(CSc3ccc(Cl)cc3)cc2)cc1. The number of hydrazone groups is 1. The van der Waals surface area contributed by atoms with E-state index in [2.05, 4.69) is 10.5 Å². The van der Waals surface area contributed by atoms with Crippen LogP contribution in [-0.4, -0.2) is 30.3 Å². The van der Waals surface area contributed by atoms with Crippen molar-refractivity contribution in [3.8, 4) is 5.75 Å². The highest BCUT2D eigenvalue weighted by Gasteiger charge is 2.16. The summed E-state index contributed by atoms with van der Waals surface area (Å²) in [4.78, 5) is 25.2. The van der Waals surface area contributed by atoms with Gasteiger partial charge in [-0.1, -0.05) is 23.7 Å². The zero-order valence-corrected chi connectivity index (χ0v) is 21.4. The molecule has 0 fully saturated rings. The molecule has 0 aliphatic heterocycles. The summed E-state index contributed by atoms with van der Waals surface area (Å²) in [5, 5.41) is 4.73. The Bertz CT molecular complexity index is 1160. The van der Waals surface area contributed by atoms with Crippen molar-refractivity contribution >= 4 is 41.5 Å². The minimum Gasteiger partial charge on any atom is -0.482 e. The van der Waals surface area contributed by atoms with Crippen molar-refractivity contribution in [2.24, 2.45) is 5.10 Å². The number of ether oxygens (including phenoxy) is 2. The molecular formula is C27H27ClN2O4S. The molecule has 1 N–H and O–H groups in total. The summed E-state index contributed by atoms with van der Waals surface area (Å²) in [6, 6.07) is 22.1. The Morgan fingerprint density at radius 1 is 0.971 bits per heavy atom. The van der Waals surface area contributed by atoms with E-state index in [4.69, 9.17) is 21.1 Å². The second-order valence-corrected chi connectivity index (χ2v) is 10.1. The van der Waals surface area contributed by atoms with E-state index in [0.717, 1.165) is 21.8 Å². The summed E-state index contributed by atoms with van der Waals surface area (Å²) in [6.07, 6.45) is 1.53. The van der Waals surface area contributed by atoms with Gasteiger partial charge in [-0.3, -0.25) is 4.79 Å². The van der Waals surface area contributed by atoms with Gasteiger partial charge in [0, 0.05) is 21.2 Å². The number of benzene rings is 3. The van der Waals surface area contributed by atoms with Crippen LogP contribution in [0.2, 0.25) is 5.02 Å². The minimum atomic E-state index is -0.551. The summed E-state index contributed by atoms with van der Waals surface area (Å²) in [6.45, 7) is 5.24. The van der Waals surface area contributed by atoms with Crippen molar-refractivity contribution in [1.82, 2.24) is 5.43 Å². The molecule has 0 spiro atoms. The second kappa shape index (κ2) is 12.4. The van der Waals surface area contributed by atoms with Gasteiger partial charge in [-0.25, -0.2) is 10.2 Å². The fourth-order valence-corrected chi connectivity index (χ4v) is 3.82. The van der Waals surface area contributed by atoms with Crippen molar-refractivity contribution in [3.63, 3.8) is 0 Å². The molecular weight excluding hydrogens is 484 g/mol. The van der Waals surface area contributed by atoms with Crippen LogP contribution in [0, 0.1) is 0 Å². The quantitative estimate of drug-likeness (QED) is 0.162. The Morgan fingerprint density at radius 3 is 2.26 bits per heavy atom. The molecule has 0 bridgehead atoms. The number of hydrogen-bond donors (Lipinski definition) is 1. The molecule has 0 heterocycles. The molecule has 1 amide bonds. The molecule has 0 atom stereocenters. The van der Waals surface area contributed by atoms with Gasteiger partial charge in [0.2, 0.25) is 0 Å². The molecule has 8 heteroatoms. The number of rotatable bonds is 9. The average molecular weight is 511 g/mol. The molecule has 0 aliphatic rings. The topological polar surface area (TPSA) is 77.0 Å². The number of nitrogens with one attached hydrogen (secondary N) is 1. The van der Waals surface area contributed by atoms with Crippen LogP contribution in [-0.2, 0) is 15.3 Å². The van der Waals surface area contributed by atoms with Gasteiger partial charge in [0.25, 0.3) is 5.91 Å². The van der Waals surface area contributed by atoms with E-state index < -0.39 is 11.6 Å². The third-order valence-corrected chi connectivity index (χ3v) is 5.81. The fourth-order valence-electron chi connectivity index (χ4n) is 2.84. The lowest BCUT2D eigenvalue weighted by atomic mass is 10.1. The first-order valence-corrected chi connectivity index (χ1v) is 12.3. The minimum absolute atomic E-state index is 0.167. The smallest absolute Gasteiger partial charge is 0.344 e. The second-order valence-electron chi connectivity index (χ2n) is 8.58. The molecule has 0 aliphatic carbocycles. The van der Waals surface area contributed by atoms with Crippen LogP contribution in [0.5, 0.6) is 5.75 Å². The summed E-state index contributed by atoms with van der Waals surface area (Å²) >= 11 is 7.61. The number of thioether (sulfide) groups is 1. The van der Waals surface area contributed by atoms with Gasteiger partial charge in [0.1, 0.15) is 11.4 Å². The van der Waals surface area contributed by atoms with E-state index in [-0.39, 0.29) is 12.5 Å². The Hall–Kier alpha value is -3.29. The van der Waals surface area contributed by atoms with Crippen molar-refractivity contribution < 1.29 is 19.1 Å². The molecule has 0 saturated carbocycles. The summed E-state index contributed by atoms with van der Waals surface area (Å²) in [7, 11) is 0. The highest BCUT2D eigenvalue weighted by molar-refractivity contribution is 7.98. The molecule has 3 rings (SSSR count). The van der Waals surface area contributed by atoms with Crippen LogP contribution in [0.3, 0.4) is 0 Å². The maximum atomic E-state index is 12.4. The Labute approximate surface area is 214 Å². The molecule has 0 radical (unpaired) electrons. The molecule has 182 valence electrons. The summed E-state index contributed by atoms with van der Waals surface area (Å²) < 4.78 is 10.6. The lowest BCUT2D eigenvalue weighted by Crippen LogP contribution is -2.27. The lowest BCUT2D eigenvalue weighted by molar-refractivity contribution is -0.157. The number of esters is 1. The molecule has 3 aromatic rings. The van der Waals surface area contributed by atoms with Gasteiger partial charge in [0.15, 0.2) is 6.61 Å². The van der Waals surface area contributed by atoms with E-state index >= 15 is 0 Å². The largest absolute Gasteiger partial charge is 0.482 e. The average Bonchev–Trinajstić information content (AvgIpc) is 2.82. The number of amides is 1. The first kappa shape index (κ1) is 26.3. The highest BCUT2D eigenvalue weighted by Crippen LogP contribution is 2.24. The monoisotopic (exact) mass is 510 g/mol. The molecule has 0 saturated heterocycles. The molecule has 0 aromatic heterocycles. The van der Waals surface area contributed by atoms with Gasteiger partial charge in [-0.15, -0.1) is 11.8 Å². The van der Waals surface area contributed by atoms with E-state index in [1.807, 2.05) is 36.4 Å². The van der Waals surface area contributed by atoms with Crippen LogP contribution >= 0.6 is 23.4 Å². The normalized spacial score (nSPS) is 11.3. The third kappa shape index (κ3) is 9.47. The van der Waals surface area contributed by atoms with Crippen molar-refractivity contribution in [1.29, 1.82) is 0 Å². The van der Waals surface area contributed by atoms with Crippen LogP contribution < -0.4 is 10.2 Å². The van der Waals surface area contributed by atoms with E-state index in [1.54, 1.807) is 68.9 Å². The third-order valence-electron chi connectivity index (χ3n) is 4.47. The van der Waals surface area contributed by atoms with Crippen LogP contribution in [0.15, 0.2) is 82.8 Å². The molecule has 6 nitrogen and oxygen atoms in total. The summed E-state index contributed by atoms with van der Waals surface area (Å²) in [5.74, 6) is 0.597. The van der Waals surface area contributed by atoms with Crippen molar-refractivity contribution in [2.45, 2.75) is 37.0 Å². The molecule has 3 aromatic carbocycles. The van der Waals surface area contributed by atoms with Gasteiger partial charge in [-0.2, -0.15) is 5.10 Å². The number of carbonyl (C=O) groups excluding carboxylic acids is 2. The van der Waals surface area contributed by atoms with Crippen molar-refractivity contribution in [2.75, 3.05) is 6.61 Å².